The summed E-state index contributed by atoms with van der Waals surface area (Å²) in [6.45, 7) is 6.61. The smallest absolute Gasteiger partial charge is 0.168 e. The molecule has 1 aliphatic rings. The zero-order valence-electron chi connectivity index (χ0n) is 11.0. The number of rotatable bonds is 2. The Morgan fingerprint density at radius 1 is 1.47 bits per heavy atom. The molecule has 0 radical (unpaired) electrons. The molecule has 0 amide bonds. The van der Waals surface area contributed by atoms with Crippen LogP contribution in [0.3, 0.4) is 0 Å². The van der Waals surface area contributed by atoms with Gasteiger partial charge in [-0.2, -0.15) is 5.26 Å². The second-order valence-electron chi connectivity index (χ2n) is 5.96. The molecule has 0 heterocycles. The molecule has 1 aliphatic carbocycles. The van der Waals surface area contributed by atoms with Crippen molar-refractivity contribution in [3.8, 4) is 6.07 Å². The summed E-state index contributed by atoms with van der Waals surface area (Å²) in [4.78, 5) is 0. The Balaban J connectivity index is 2.86. The van der Waals surface area contributed by atoms with Gasteiger partial charge < -0.3 is 0 Å². The fourth-order valence-electron chi connectivity index (χ4n) is 2.33. The lowest BCUT2D eigenvalue weighted by atomic mass is 9.73. The van der Waals surface area contributed by atoms with Gasteiger partial charge in [0.2, 0.25) is 0 Å². The third kappa shape index (κ3) is 3.57. The van der Waals surface area contributed by atoms with E-state index in [1.807, 2.05) is 12.1 Å². The van der Waals surface area contributed by atoms with Crippen LogP contribution in [0.4, 0.5) is 0 Å². The van der Waals surface area contributed by atoms with E-state index >= 15 is 0 Å². The third-order valence-electron chi connectivity index (χ3n) is 3.55. The number of hydrogen-bond donors (Lipinski definition) is 0. The highest BCUT2D eigenvalue weighted by atomic mass is 32.2. The minimum absolute atomic E-state index is 0.245. The van der Waals surface area contributed by atoms with Crippen LogP contribution in [-0.4, -0.2) is 19.9 Å². The van der Waals surface area contributed by atoms with Crippen LogP contribution in [-0.2, 0) is 9.84 Å². The van der Waals surface area contributed by atoms with Gasteiger partial charge in [0, 0.05) is 6.26 Å². The summed E-state index contributed by atoms with van der Waals surface area (Å²) in [6.07, 6.45) is 5.69. The average molecular weight is 255 g/mol. The van der Waals surface area contributed by atoms with Gasteiger partial charge in [0.1, 0.15) is 0 Å². The monoisotopic (exact) mass is 255 g/mol. The van der Waals surface area contributed by atoms with Crippen LogP contribution < -0.4 is 0 Å². The van der Waals surface area contributed by atoms with Crippen molar-refractivity contribution in [2.45, 2.75) is 45.3 Å². The number of nitriles is 1. The average Bonchev–Trinajstić information content (AvgIpc) is 2.16. The molecule has 0 saturated carbocycles. The molecule has 0 aromatic heterocycles. The fourth-order valence-corrected chi connectivity index (χ4v) is 3.29. The van der Waals surface area contributed by atoms with Crippen LogP contribution in [0.25, 0.3) is 0 Å². The molecule has 0 aromatic carbocycles. The fraction of sp³-hybridized carbons (Fsp3) is 0.769. The van der Waals surface area contributed by atoms with E-state index in [0.717, 1.165) is 31.1 Å². The van der Waals surface area contributed by atoms with Gasteiger partial charge >= 0.3 is 0 Å². The molecular formula is C13H21NO2S. The molecular weight excluding hydrogens is 234 g/mol. The molecule has 2 atom stereocenters. The molecule has 0 saturated heterocycles. The lowest BCUT2D eigenvalue weighted by molar-refractivity contribution is 0.220. The van der Waals surface area contributed by atoms with E-state index in [9.17, 15) is 8.42 Å². The van der Waals surface area contributed by atoms with E-state index < -0.39 is 15.1 Å². The van der Waals surface area contributed by atoms with E-state index in [-0.39, 0.29) is 5.41 Å². The molecule has 0 spiro atoms. The van der Waals surface area contributed by atoms with Crippen LogP contribution in [0.5, 0.6) is 0 Å². The first-order valence-corrected chi connectivity index (χ1v) is 7.89. The van der Waals surface area contributed by atoms with Crippen LogP contribution in [0.2, 0.25) is 0 Å². The van der Waals surface area contributed by atoms with Gasteiger partial charge in [-0.1, -0.05) is 26.8 Å². The summed E-state index contributed by atoms with van der Waals surface area (Å²) >= 11 is 0. The first kappa shape index (κ1) is 14.2. The summed E-state index contributed by atoms with van der Waals surface area (Å²) in [5, 5.41) is 8.03. The highest BCUT2D eigenvalue weighted by Gasteiger charge is 2.31. The van der Waals surface area contributed by atoms with Crippen molar-refractivity contribution in [1.82, 2.24) is 0 Å². The first-order chi connectivity index (χ1) is 7.66. The number of nitrogens with zero attached hydrogens (tertiary/aromatic N) is 1. The predicted molar refractivity (Wildman–Crippen MR) is 69.1 cm³/mol. The van der Waals surface area contributed by atoms with Crippen molar-refractivity contribution in [1.29, 1.82) is 5.26 Å². The van der Waals surface area contributed by atoms with Gasteiger partial charge in [-0.25, -0.2) is 8.42 Å². The summed E-state index contributed by atoms with van der Waals surface area (Å²) in [7, 11) is -3.30. The highest BCUT2D eigenvalue weighted by Crippen LogP contribution is 2.38. The van der Waals surface area contributed by atoms with E-state index in [0.29, 0.717) is 5.92 Å². The Labute approximate surface area is 104 Å². The van der Waals surface area contributed by atoms with Gasteiger partial charge in [-0.05, 0) is 36.2 Å². The summed E-state index contributed by atoms with van der Waals surface area (Å²) in [5.41, 5.74) is 1.03. The SMILES string of the molecule is CC(C)(C)C1CC=C(C(C#N)S(C)(=O)=O)CC1. The molecule has 0 bridgehead atoms. The molecule has 0 aromatic rings. The number of allylic oxidation sites excluding steroid dienone is 1. The highest BCUT2D eigenvalue weighted by molar-refractivity contribution is 7.91. The lowest BCUT2D eigenvalue weighted by Gasteiger charge is -2.33. The Hall–Kier alpha value is -0.820. The van der Waals surface area contributed by atoms with Gasteiger partial charge in [0.15, 0.2) is 15.1 Å². The van der Waals surface area contributed by atoms with E-state index in [1.165, 1.54) is 0 Å². The molecule has 17 heavy (non-hydrogen) atoms. The summed E-state index contributed by atoms with van der Waals surface area (Å²) in [6, 6.07) is 1.91. The Bertz CT molecular complexity index is 449. The first-order valence-electron chi connectivity index (χ1n) is 5.93. The second kappa shape index (κ2) is 4.81. The summed E-state index contributed by atoms with van der Waals surface area (Å²) in [5.74, 6) is 0.574. The van der Waals surface area contributed by atoms with Crippen molar-refractivity contribution < 1.29 is 8.42 Å². The Kier molecular flexibility index (Phi) is 4.03. The number of sulfone groups is 1. The van der Waals surface area contributed by atoms with Crippen molar-refractivity contribution in [2.75, 3.05) is 6.26 Å². The van der Waals surface area contributed by atoms with Crippen LogP contribution in [0, 0.1) is 22.7 Å². The van der Waals surface area contributed by atoms with Crippen LogP contribution >= 0.6 is 0 Å². The standard InChI is InChI=1S/C13H21NO2S/c1-13(2,3)11-7-5-10(6-8-11)12(9-14)17(4,15)16/h5,11-12H,6-8H2,1-4H3. The molecule has 0 N–H and O–H groups in total. The Morgan fingerprint density at radius 2 is 2.06 bits per heavy atom. The normalized spacial score (nSPS) is 23.7. The van der Waals surface area contributed by atoms with E-state index in [1.54, 1.807) is 0 Å². The number of hydrogen-bond acceptors (Lipinski definition) is 3. The second-order valence-corrected chi connectivity index (χ2v) is 8.09. The van der Waals surface area contributed by atoms with Crippen molar-refractivity contribution >= 4 is 9.84 Å². The lowest BCUT2D eigenvalue weighted by Crippen LogP contribution is -2.27. The largest absolute Gasteiger partial charge is 0.227 e. The molecule has 0 aliphatic heterocycles. The minimum Gasteiger partial charge on any atom is -0.227 e. The zero-order chi connectivity index (χ0) is 13.3. The van der Waals surface area contributed by atoms with E-state index in [4.69, 9.17) is 5.26 Å². The van der Waals surface area contributed by atoms with Crippen molar-refractivity contribution in [2.24, 2.45) is 11.3 Å². The van der Waals surface area contributed by atoms with Gasteiger partial charge in [-0.3, -0.25) is 0 Å². The quantitative estimate of drug-likeness (QED) is 0.713. The topological polar surface area (TPSA) is 57.9 Å². The van der Waals surface area contributed by atoms with Crippen LogP contribution in [0.15, 0.2) is 11.6 Å². The minimum atomic E-state index is -3.30. The van der Waals surface area contributed by atoms with Crippen molar-refractivity contribution in [3.63, 3.8) is 0 Å². The van der Waals surface area contributed by atoms with E-state index in [2.05, 4.69) is 20.8 Å². The Morgan fingerprint density at radius 3 is 2.35 bits per heavy atom. The van der Waals surface area contributed by atoms with Crippen molar-refractivity contribution in [3.05, 3.63) is 11.6 Å². The zero-order valence-corrected chi connectivity index (χ0v) is 11.8. The van der Waals surface area contributed by atoms with Gasteiger partial charge in [0.25, 0.3) is 0 Å². The summed E-state index contributed by atoms with van der Waals surface area (Å²) < 4.78 is 23.0. The molecule has 2 unspecified atom stereocenters. The molecule has 1 rings (SSSR count). The molecule has 96 valence electrons. The van der Waals surface area contributed by atoms with Gasteiger partial charge in [-0.15, -0.1) is 0 Å². The van der Waals surface area contributed by atoms with Gasteiger partial charge in [0.05, 0.1) is 6.07 Å². The maximum absolute atomic E-state index is 11.5. The van der Waals surface area contributed by atoms with Crippen LogP contribution in [0.1, 0.15) is 40.0 Å². The maximum Gasteiger partial charge on any atom is 0.168 e. The maximum atomic E-state index is 11.5. The molecule has 0 fully saturated rings. The molecule has 4 heteroatoms. The predicted octanol–water partition coefficient (Wildman–Crippen LogP) is 2.70. The third-order valence-corrected chi connectivity index (χ3v) is 4.82. The molecule has 3 nitrogen and oxygen atoms in total.